The summed E-state index contributed by atoms with van der Waals surface area (Å²) in [5, 5.41) is 3.15. The van der Waals surface area contributed by atoms with Crippen LogP contribution in [-0.2, 0) is 9.59 Å². The highest BCUT2D eigenvalue weighted by atomic mass is 16.5. The molecule has 2 amide bonds. The average molecular weight is 394 g/mol. The third-order valence-electron chi connectivity index (χ3n) is 4.64. The van der Waals surface area contributed by atoms with Gasteiger partial charge in [0.1, 0.15) is 5.70 Å². The lowest BCUT2D eigenvalue weighted by molar-refractivity contribution is -0.136. The summed E-state index contributed by atoms with van der Waals surface area (Å²) in [5.41, 5.74) is 3.09. The molecule has 0 aromatic heterocycles. The number of nitrogens with zero attached hydrogens (tertiary/aromatic N) is 1. The molecule has 0 fully saturated rings. The first-order valence-electron chi connectivity index (χ1n) is 9.84. The lowest BCUT2D eigenvalue weighted by Crippen LogP contribution is -2.32. The molecule has 29 heavy (non-hydrogen) atoms. The fraction of sp³-hybridized carbons (Fsp3) is 0.304. The number of ether oxygens (including phenoxy) is 2. The van der Waals surface area contributed by atoms with E-state index in [1.165, 1.54) is 4.90 Å². The summed E-state index contributed by atoms with van der Waals surface area (Å²) in [6, 6.07) is 13.0. The molecule has 1 heterocycles. The van der Waals surface area contributed by atoms with E-state index in [1.807, 2.05) is 45.0 Å². The Kier molecular flexibility index (Phi) is 6.22. The number of amides is 2. The first-order chi connectivity index (χ1) is 14.0. The monoisotopic (exact) mass is 394 g/mol. The topological polar surface area (TPSA) is 67.9 Å². The number of imide groups is 1. The predicted molar refractivity (Wildman–Crippen MR) is 113 cm³/mol. The Morgan fingerprint density at radius 1 is 0.862 bits per heavy atom. The van der Waals surface area contributed by atoms with Crippen LogP contribution in [0.15, 0.2) is 48.2 Å². The largest absolute Gasteiger partial charge is 0.490 e. The van der Waals surface area contributed by atoms with Crippen LogP contribution in [0.2, 0.25) is 0 Å². The van der Waals surface area contributed by atoms with Crippen molar-refractivity contribution < 1.29 is 19.1 Å². The fourth-order valence-electron chi connectivity index (χ4n) is 3.24. The number of nitrogens with one attached hydrogen (secondary N) is 1. The van der Waals surface area contributed by atoms with Gasteiger partial charge in [-0.15, -0.1) is 0 Å². The van der Waals surface area contributed by atoms with Crippen LogP contribution < -0.4 is 14.8 Å². The molecule has 0 radical (unpaired) electrons. The summed E-state index contributed by atoms with van der Waals surface area (Å²) in [5.74, 6) is 0.595. The standard InChI is InChI=1S/C23H26N2O4/c1-5-25-22(26)20(16-10-8-15(4)9-11-16)21(23(25)27)24-17-12-13-18(28-6-2)19(14-17)29-7-3/h8-14,24H,5-7H2,1-4H3. The van der Waals surface area contributed by atoms with Crippen molar-refractivity contribution in [1.82, 2.24) is 4.90 Å². The van der Waals surface area contributed by atoms with Gasteiger partial charge in [0.2, 0.25) is 0 Å². The van der Waals surface area contributed by atoms with Gasteiger partial charge in [0.25, 0.3) is 11.8 Å². The van der Waals surface area contributed by atoms with Crippen LogP contribution in [0, 0.1) is 6.92 Å². The number of rotatable bonds is 8. The Bertz CT molecular complexity index is 948. The second-order valence-corrected chi connectivity index (χ2v) is 6.62. The van der Waals surface area contributed by atoms with E-state index in [9.17, 15) is 9.59 Å². The van der Waals surface area contributed by atoms with Crippen LogP contribution in [0.5, 0.6) is 11.5 Å². The smallest absolute Gasteiger partial charge is 0.278 e. The molecule has 2 aromatic rings. The summed E-state index contributed by atoms with van der Waals surface area (Å²) < 4.78 is 11.3. The van der Waals surface area contributed by atoms with Gasteiger partial charge in [0, 0.05) is 18.3 Å². The molecule has 0 aliphatic carbocycles. The van der Waals surface area contributed by atoms with Crippen molar-refractivity contribution in [3.8, 4) is 11.5 Å². The molecule has 6 heteroatoms. The normalized spacial score (nSPS) is 13.9. The van der Waals surface area contributed by atoms with E-state index in [-0.39, 0.29) is 17.5 Å². The fourth-order valence-corrected chi connectivity index (χ4v) is 3.24. The quantitative estimate of drug-likeness (QED) is 0.686. The van der Waals surface area contributed by atoms with Gasteiger partial charge in [0.05, 0.1) is 18.8 Å². The Morgan fingerprint density at radius 2 is 1.52 bits per heavy atom. The average Bonchev–Trinajstić information content (AvgIpc) is 2.94. The van der Waals surface area contributed by atoms with E-state index in [1.54, 1.807) is 25.1 Å². The van der Waals surface area contributed by atoms with Crippen LogP contribution in [0.3, 0.4) is 0 Å². The molecule has 1 N–H and O–H groups in total. The molecule has 0 spiro atoms. The van der Waals surface area contributed by atoms with Crippen molar-refractivity contribution in [2.45, 2.75) is 27.7 Å². The maximum atomic E-state index is 12.9. The predicted octanol–water partition coefficient (Wildman–Crippen LogP) is 4.00. The molecule has 0 bridgehead atoms. The number of hydrogen-bond donors (Lipinski definition) is 1. The number of benzene rings is 2. The summed E-state index contributed by atoms with van der Waals surface area (Å²) in [6.07, 6.45) is 0. The molecule has 0 atom stereocenters. The SMILES string of the molecule is CCOc1ccc(NC2=C(c3ccc(C)cc3)C(=O)N(CC)C2=O)cc1OCC. The lowest BCUT2D eigenvalue weighted by Gasteiger charge is -2.14. The summed E-state index contributed by atoms with van der Waals surface area (Å²) in [4.78, 5) is 27.1. The number of carbonyl (C=O) groups is 2. The zero-order chi connectivity index (χ0) is 21.0. The second-order valence-electron chi connectivity index (χ2n) is 6.62. The summed E-state index contributed by atoms with van der Waals surface area (Å²) in [7, 11) is 0. The van der Waals surface area contributed by atoms with Crippen LogP contribution in [0.1, 0.15) is 31.9 Å². The van der Waals surface area contributed by atoms with Crippen molar-refractivity contribution in [2.24, 2.45) is 0 Å². The molecular weight excluding hydrogens is 368 g/mol. The summed E-state index contributed by atoms with van der Waals surface area (Å²) >= 11 is 0. The number of hydrogen-bond acceptors (Lipinski definition) is 5. The zero-order valence-electron chi connectivity index (χ0n) is 17.2. The first-order valence-corrected chi connectivity index (χ1v) is 9.84. The van der Waals surface area contributed by atoms with E-state index >= 15 is 0 Å². The van der Waals surface area contributed by atoms with Gasteiger partial charge in [-0.3, -0.25) is 14.5 Å². The lowest BCUT2D eigenvalue weighted by atomic mass is 10.0. The zero-order valence-corrected chi connectivity index (χ0v) is 17.2. The van der Waals surface area contributed by atoms with E-state index in [0.29, 0.717) is 48.1 Å². The Hall–Kier alpha value is -3.28. The van der Waals surface area contributed by atoms with Gasteiger partial charge in [0.15, 0.2) is 11.5 Å². The number of carbonyl (C=O) groups excluding carboxylic acids is 2. The Morgan fingerprint density at radius 3 is 2.14 bits per heavy atom. The third-order valence-corrected chi connectivity index (χ3v) is 4.64. The minimum atomic E-state index is -0.333. The van der Waals surface area contributed by atoms with Gasteiger partial charge in [-0.1, -0.05) is 29.8 Å². The third kappa shape index (κ3) is 4.11. The molecule has 1 aliphatic rings. The molecule has 152 valence electrons. The molecule has 0 saturated heterocycles. The second kappa shape index (κ2) is 8.82. The number of aryl methyl sites for hydroxylation is 1. The van der Waals surface area contributed by atoms with Crippen molar-refractivity contribution in [3.05, 3.63) is 59.3 Å². The number of anilines is 1. The first kappa shape index (κ1) is 20.5. The van der Waals surface area contributed by atoms with E-state index < -0.39 is 0 Å². The van der Waals surface area contributed by atoms with Crippen LogP contribution in [0.25, 0.3) is 5.57 Å². The van der Waals surface area contributed by atoms with Gasteiger partial charge in [-0.05, 0) is 45.4 Å². The Labute approximate surface area is 171 Å². The van der Waals surface area contributed by atoms with Gasteiger partial charge in [-0.25, -0.2) is 0 Å². The molecule has 0 unspecified atom stereocenters. The summed E-state index contributed by atoms with van der Waals surface area (Å²) in [6.45, 7) is 8.89. The van der Waals surface area contributed by atoms with E-state index in [2.05, 4.69) is 5.32 Å². The highest BCUT2D eigenvalue weighted by Crippen LogP contribution is 2.34. The van der Waals surface area contributed by atoms with E-state index in [4.69, 9.17) is 9.47 Å². The maximum Gasteiger partial charge on any atom is 0.278 e. The minimum Gasteiger partial charge on any atom is -0.490 e. The van der Waals surface area contributed by atoms with Crippen LogP contribution in [-0.4, -0.2) is 36.5 Å². The van der Waals surface area contributed by atoms with Crippen molar-refractivity contribution in [1.29, 1.82) is 0 Å². The van der Waals surface area contributed by atoms with E-state index in [0.717, 1.165) is 5.56 Å². The molecule has 3 rings (SSSR count). The molecule has 2 aromatic carbocycles. The molecule has 1 aliphatic heterocycles. The van der Waals surface area contributed by atoms with Crippen molar-refractivity contribution >= 4 is 23.1 Å². The highest BCUT2D eigenvalue weighted by molar-refractivity contribution is 6.36. The minimum absolute atomic E-state index is 0.271. The van der Waals surface area contributed by atoms with Gasteiger partial charge < -0.3 is 14.8 Å². The van der Waals surface area contributed by atoms with Crippen LogP contribution in [0.4, 0.5) is 5.69 Å². The number of likely N-dealkylation sites (N-methyl/N-ethyl adjacent to an activating group) is 1. The molecular formula is C23H26N2O4. The van der Waals surface area contributed by atoms with Gasteiger partial charge >= 0.3 is 0 Å². The van der Waals surface area contributed by atoms with Crippen LogP contribution >= 0.6 is 0 Å². The highest BCUT2D eigenvalue weighted by Gasteiger charge is 2.38. The van der Waals surface area contributed by atoms with Gasteiger partial charge in [-0.2, -0.15) is 0 Å². The molecule has 6 nitrogen and oxygen atoms in total. The van der Waals surface area contributed by atoms with Crippen molar-refractivity contribution in [2.75, 3.05) is 25.1 Å². The Balaban J connectivity index is 2.03. The molecule has 0 saturated carbocycles. The van der Waals surface area contributed by atoms with Crippen molar-refractivity contribution in [3.63, 3.8) is 0 Å². The maximum absolute atomic E-state index is 12.9.